The Labute approximate surface area is 135 Å². The van der Waals surface area contributed by atoms with Crippen molar-refractivity contribution in [1.29, 1.82) is 0 Å². The molecule has 0 aliphatic heterocycles. The predicted octanol–water partition coefficient (Wildman–Crippen LogP) is 3.04. The van der Waals surface area contributed by atoms with Gasteiger partial charge in [0.05, 0.1) is 0 Å². The normalized spacial score (nSPS) is 11.8. The van der Waals surface area contributed by atoms with Crippen molar-refractivity contribution in [1.82, 2.24) is 5.32 Å². The number of amides is 1. The zero-order valence-corrected chi connectivity index (χ0v) is 12.5. The molecule has 0 spiro atoms. The van der Waals surface area contributed by atoms with Crippen LogP contribution in [-0.2, 0) is 11.2 Å². The van der Waals surface area contributed by atoms with Gasteiger partial charge in [-0.25, -0.2) is 13.6 Å². The Balaban J connectivity index is 2.14. The van der Waals surface area contributed by atoms with Crippen LogP contribution in [0, 0.1) is 11.6 Å². The summed E-state index contributed by atoms with van der Waals surface area (Å²) in [4.78, 5) is 23.3. The Morgan fingerprint density at radius 3 is 2.17 bits per heavy atom. The van der Waals surface area contributed by atoms with Crippen LogP contribution in [0.1, 0.15) is 15.9 Å². The molecule has 2 N–H and O–H groups in total. The molecule has 23 heavy (non-hydrogen) atoms. The Morgan fingerprint density at radius 2 is 1.65 bits per heavy atom. The lowest BCUT2D eigenvalue weighted by Gasteiger charge is -2.15. The van der Waals surface area contributed by atoms with Gasteiger partial charge >= 0.3 is 5.97 Å². The Kier molecular flexibility index (Phi) is 5.28. The van der Waals surface area contributed by atoms with E-state index in [0.717, 1.165) is 12.1 Å². The number of carboxylic acid groups (broad SMARTS) is 1. The number of halogens is 3. The van der Waals surface area contributed by atoms with Gasteiger partial charge in [-0.15, -0.1) is 0 Å². The van der Waals surface area contributed by atoms with Crippen molar-refractivity contribution >= 4 is 23.5 Å². The molecule has 0 saturated heterocycles. The van der Waals surface area contributed by atoms with Crippen molar-refractivity contribution in [3.63, 3.8) is 0 Å². The number of aliphatic carboxylic acids is 1. The third-order valence-electron chi connectivity index (χ3n) is 3.08. The highest BCUT2D eigenvalue weighted by Gasteiger charge is 2.21. The number of hydrogen-bond acceptors (Lipinski definition) is 2. The van der Waals surface area contributed by atoms with Crippen LogP contribution in [0.15, 0.2) is 42.5 Å². The number of hydrogen-bond donors (Lipinski definition) is 2. The van der Waals surface area contributed by atoms with Gasteiger partial charge in [-0.2, -0.15) is 0 Å². The second kappa shape index (κ2) is 7.19. The lowest BCUT2D eigenvalue weighted by atomic mass is 10.1. The number of benzene rings is 2. The molecule has 0 aliphatic carbocycles. The molecule has 0 fully saturated rings. The number of carboxylic acids is 1. The second-order valence-electron chi connectivity index (χ2n) is 4.85. The maximum absolute atomic E-state index is 13.1. The molecule has 0 aromatic heterocycles. The SMILES string of the molecule is O=C(N[C@@H](Cc1ccc(Cl)cc1)C(=O)O)c1cc(F)cc(F)c1. The van der Waals surface area contributed by atoms with Crippen LogP contribution in [0.4, 0.5) is 8.78 Å². The van der Waals surface area contributed by atoms with E-state index >= 15 is 0 Å². The standard InChI is InChI=1S/C16H12ClF2NO3/c17-11-3-1-9(2-4-11)5-14(16(22)23)20-15(21)10-6-12(18)8-13(19)7-10/h1-4,6-8,14H,5H2,(H,20,21)(H,22,23)/t14-/m0/s1. The molecule has 0 unspecified atom stereocenters. The lowest BCUT2D eigenvalue weighted by molar-refractivity contribution is -0.139. The number of carbonyl (C=O) groups is 2. The summed E-state index contributed by atoms with van der Waals surface area (Å²) >= 11 is 5.75. The van der Waals surface area contributed by atoms with E-state index in [4.69, 9.17) is 11.6 Å². The molecule has 0 heterocycles. The van der Waals surface area contributed by atoms with Gasteiger partial charge in [0.2, 0.25) is 0 Å². The van der Waals surface area contributed by atoms with Gasteiger partial charge in [-0.3, -0.25) is 4.79 Å². The third kappa shape index (κ3) is 4.75. The quantitative estimate of drug-likeness (QED) is 0.880. The van der Waals surface area contributed by atoms with Gasteiger partial charge in [0, 0.05) is 23.1 Å². The number of nitrogens with one attached hydrogen (secondary N) is 1. The molecule has 4 nitrogen and oxygen atoms in total. The zero-order chi connectivity index (χ0) is 17.0. The van der Waals surface area contributed by atoms with Gasteiger partial charge in [-0.1, -0.05) is 23.7 Å². The molecule has 0 aliphatic rings. The van der Waals surface area contributed by atoms with E-state index in [-0.39, 0.29) is 12.0 Å². The highest BCUT2D eigenvalue weighted by Crippen LogP contribution is 2.12. The Hall–Kier alpha value is -2.47. The molecule has 0 bridgehead atoms. The fourth-order valence-corrected chi connectivity index (χ4v) is 2.11. The maximum Gasteiger partial charge on any atom is 0.326 e. The summed E-state index contributed by atoms with van der Waals surface area (Å²) in [6.45, 7) is 0. The monoisotopic (exact) mass is 339 g/mol. The van der Waals surface area contributed by atoms with Gasteiger partial charge in [-0.05, 0) is 29.8 Å². The van der Waals surface area contributed by atoms with Crippen molar-refractivity contribution < 1.29 is 23.5 Å². The van der Waals surface area contributed by atoms with Crippen molar-refractivity contribution in [2.45, 2.75) is 12.5 Å². The van der Waals surface area contributed by atoms with Crippen LogP contribution < -0.4 is 5.32 Å². The first-order valence-electron chi connectivity index (χ1n) is 6.59. The molecule has 1 amide bonds. The van der Waals surface area contributed by atoms with Gasteiger partial charge in [0.25, 0.3) is 5.91 Å². The average molecular weight is 340 g/mol. The molecule has 0 saturated carbocycles. The first-order valence-corrected chi connectivity index (χ1v) is 6.97. The molecule has 120 valence electrons. The van der Waals surface area contributed by atoms with E-state index < -0.39 is 29.6 Å². The smallest absolute Gasteiger partial charge is 0.326 e. The zero-order valence-electron chi connectivity index (χ0n) is 11.7. The van der Waals surface area contributed by atoms with Gasteiger partial charge < -0.3 is 10.4 Å². The minimum Gasteiger partial charge on any atom is -0.480 e. The summed E-state index contributed by atoms with van der Waals surface area (Å²) in [5.41, 5.74) is 0.359. The van der Waals surface area contributed by atoms with Crippen molar-refractivity contribution in [2.75, 3.05) is 0 Å². The van der Waals surface area contributed by atoms with Crippen molar-refractivity contribution in [3.05, 3.63) is 70.2 Å². The Morgan fingerprint density at radius 1 is 1.09 bits per heavy atom. The molecule has 7 heteroatoms. The van der Waals surface area contributed by atoms with E-state index in [1.54, 1.807) is 24.3 Å². The lowest BCUT2D eigenvalue weighted by Crippen LogP contribution is -2.42. The number of carbonyl (C=O) groups excluding carboxylic acids is 1. The molecule has 1 atom stereocenters. The average Bonchev–Trinajstić information content (AvgIpc) is 2.47. The number of rotatable bonds is 5. The topological polar surface area (TPSA) is 66.4 Å². The summed E-state index contributed by atoms with van der Waals surface area (Å²) in [6.07, 6.45) is 0.00996. The van der Waals surface area contributed by atoms with E-state index in [2.05, 4.69) is 5.32 Å². The largest absolute Gasteiger partial charge is 0.480 e. The molecule has 2 aromatic rings. The van der Waals surface area contributed by atoms with Crippen LogP contribution in [0.2, 0.25) is 5.02 Å². The van der Waals surface area contributed by atoms with Crippen LogP contribution in [0.25, 0.3) is 0 Å². The molecule has 0 radical (unpaired) electrons. The highest BCUT2D eigenvalue weighted by molar-refractivity contribution is 6.30. The third-order valence-corrected chi connectivity index (χ3v) is 3.33. The molecule has 2 aromatic carbocycles. The second-order valence-corrected chi connectivity index (χ2v) is 5.29. The van der Waals surface area contributed by atoms with Gasteiger partial charge in [0.1, 0.15) is 17.7 Å². The Bertz CT molecular complexity index is 714. The molecule has 2 rings (SSSR count). The van der Waals surface area contributed by atoms with E-state index in [0.29, 0.717) is 16.7 Å². The van der Waals surface area contributed by atoms with Crippen LogP contribution in [-0.4, -0.2) is 23.0 Å². The van der Waals surface area contributed by atoms with Gasteiger partial charge in [0.15, 0.2) is 0 Å². The molecular weight excluding hydrogens is 328 g/mol. The minimum absolute atomic E-state index is 0.00996. The summed E-state index contributed by atoms with van der Waals surface area (Å²) in [6, 6.07) is 7.51. The summed E-state index contributed by atoms with van der Waals surface area (Å²) in [7, 11) is 0. The van der Waals surface area contributed by atoms with Crippen molar-refractivity contribution in [2.24, 2.45) is 0 Å². The molecular formula is C16H12ClF2NO3. The van der Waals surface area contributed by atoms with Crippen LogP contribution in [0.3, 0.4) is 0 Å². The predicted molar refractivity (Wildman–Crippen MR) is 80.4 cm³/mol. The van der Waals surface area contributed by atoms with Crippen LogP contribution in [0.5, 0.6) is 0 Å². The fraction of sp³-hybridized carbons (Fsp3) is 0.125. The van der Waals surface area contributed by atoms with E-state index in [9.17, 15) is 23.5 Å². The summed E-state index contributed by atoms with van der Waals surface area (Å²) in [5, 5.41) is 12.0. The summed E-state index contributed by atoms with van der Waals surface area (Å²) < 4.78 is 26.2. The summed E-state index contributed by atoms with van der Waals surface area (Å²) in [5.74, 6) is -3.96. The van der Waals surface area contributed by atoms with E-state index in [1.165, 1.54) is 0 Å². The first-order chi connectivity index (χ1) is 10.8. The maximum atomic E-state index is 13.1. The fourth-order valence-electron chi connectivity index (χ4n) is 1.98. The van der Waals surface area contributed by atoms with E-state index in [1.807, 2.05) is 0 Å². The highest BCUT2D eigenvalue weighted by atomic mass is 35.5. The minimum atomic E-state index is -1.26. The first kappa shape index (κ1) is 16.9. The van der Waals surface area contributed by atoms with Crippen LogP contribution >= 0.6 is 11.6 Å². The van der Waals surface area contributed by atoms with Crippen molar-refractivity contribution in [3.8, 4) is 0 Å².